The molecule has 3 aromatic carbocycles. The van der Waals surface area contributed by atoms with Crippen molar-refractivity contribution in [3.63, 3.8) is 0 Å². The third-order valence-electron chi connectivity index (χ3n) is 5.04. The second-order valence-corrected chi connectivity index (χ2v) is 7.77. The van der Waals surface area contributed by atoms with Gasteiger partial charge in [-0.3, -0.25) is 0 Å². The molecule has 0 aliphatic heterocycles. The molecule has 3 aromatic rings. The summed E-state index contributed by atoms with van der Waals surface area (Å²) in [5.74, 6) is 0.443. The lowest BCUT2D eigenvalue weighted by Crippen LogP contribution is -1.97. The van der Waals surface area contributed by atoms with Crippen molar-refractivity contribution in [1.29, 1.82) is 0 Å². The summed E-state index contributed by atoms with van der Waals surface area (Å²) in [6, 6.07) is 14.2. The number of rotatable bonds is 8. The molecule has 0 saturated heterocycles. The second-order valence-electron chi connectivity index (χ2n) is 7.34. The van der Waals surface area contributed by atoms with Crippen molar-refractivity contribution < 1.29 is 15.3 Å². The first-order valence-electron chi connectivity index (χ1n) is 9.74. The van der Waals surface area contributed by atoms with Gasteiger partial charge in [0, 0.05) is 29.0 Å². The predicted octanol–water partition coefficient (Wildman–Crippen LogP) is 6.10. The van der Waals surface area contributed by atoms with Crippen LogP contribution in [-0.4, -0.2) is 15.3 Å². The highest BCUT2D eigenvalue weighted by molar-refractivity contribution is 6.30. The third kappa shape index (κ3) is 5.05. The minimum atomic E-state index is 0.112. The monoisotopic (exact) mass is 420 g/mol. The van der Waals surface area contributed by atoms with Crippen LogP contribution in [0.25, 0.3) is 0 Å². The maximum Gasteiger partial charge on any atom is 0.122 e. The Labute approximate surface area is 182 Å². The molecule has 0 atom stereocenters. The fraction of sp³-hybridized carbons (Fsp3) is 0.154. The van der Waals surface area contributed by atoms with Gasteiger partial charge in [0.25, 0.3) is 0 Å². The number of halogens is 1. The Kier molecular flexibility index (Phi) is 6.86. The van der Waals surface area contributed by atoms with Crippen LogP contribution in [0.3, 0.4) is 0 Å². The van der Waals surface area contributed by atoms with Crippen LogP contribution < -0.4 is 0 Å². The summed E-state index contributed by atoms with van der Waals surface area (Å²) in [7, 11) is 0. The lowest BCUT2D eigenvalue weighted by molar-refractivity contribution is 0.457. The van der Waals surface area contributed by atoms with Gasteiger partial charge in [-0.05, 0) is 59.4 Å². The Morgan fingerprint density at radius 3 is 1.50 bits per heavy atom. The van der Waals surface area contributed by atoms with Crippen molar-refractivity contribution in [1.82, 2.24) is 0 Å². The first-order chi connectivity index (χ1) is 14.4. The van der Waals surface area contributed by atoms with Gasteiger partial charge in [0.2, 0.25) is 0 Å². The largest absolute Gasteiger partial charge is 0.508 e. The minimum absolute atomic E-state index is 0.112. The number of aromatic hydroxyl groups is 3. The first-order valence-corrected chi connectivity index (χ1v) is 10.1. The van der Waals surface area contributed by atoms with Crippen LogP contribution in [0.1, 0.15) is 33.4 Å². The Morgan fingerprint density at radius 1 is 0.667 bits per heavy atom. The number of phenols is 3. The molecular formula is C26H25ClO3. The zero-order valence-corrected chi connectivity index (χ0v) is 17.5. The van der Waals surface area contributed by atoms with E-state index in [0.29, 0.717) is 53.0 Å². The van der Waals surface area contributed by atoms with Crippen LogP contribution in [0, 0.1) is 0 Å². The van der Waals surface area contributed by atoms with Crippen molar-refractivity contribution in [3.05, 3.63) is 112 Å². The minimum Gasteiger partial charge on any atom is -0.508 e. The molecule has 0 saturated carbocycles. The molecule has 0 radical (unpaired) electrons. The third-order valence-corrected chi connectivity index (χ3v) is 5.26. The molecule has 154 valence electrons. The van der Waals surface area contributed by atoms with E-state index in [4.69, 9.17) is 11.6 Å². The lowest BCUT2D eigenvalue weighted by Gasteiger charge is -2.14. The van der Waals surface area contributed by atoms with Gasteiger partial charge in [0.1, 0.15) is 17.2 Å². The molecule has 3 nitrogen and oxygen atoms in total. The fourth-order valence-corrected chi connectivity index (χ4v) is 3.81. The first kappa shape index (κ1) is 21.5. The number of benzene rings is 3. The SMILES string of the molecule is C=CCc1ccc(O)c(Cc2cc(Cl)cc(Cc3cc(CC=C)ccc3O)c2O)c1. The van der Waals surface area contributed by atoms with Gasteiger partial charge in [-0.15, -0.1) is 13.2 Å². The fourth-order valence-electron chi connectivity index (χ4n) is 3.55. The summed E-state index contributed by atoms with van der Waals surface area (Å²) in [4.78, 5) is 0. The molecule has 30 heavy (non-hydrogen) atoms. The summed E-state index contributed by atoms with van der Waals surface area (Å²) >= 11 is 6.33. The van der Waals surface area contributed by atoms with Gasteiger partial charge in [0.15, 0.2) is 0 Å². The van der Waals surface area contributed by atoms with E-state index >= 15 is 0 Å². The van der Waals surface area contributed by atoms with Crippen LogP contribution in [-0.2, 0) is 25.7 Å². The van der Waals surface area contributed by atoms with Crippen molar-refractivity contribution in [3.8, 4) is 17.2 Å². The van der Waals surface area contributed by atoms with E-state index in [1.807, 2.05) is 24.3 Å². The quantitative estimate of drug-likeness (QED) is 0.386. The van der Waals surface area contributed by atoms with Crippen LogP contribution in [0.15, 0.2) is 73.8 Å². The average Bonchev–Trinajstić information content (AvgIpc) is 2.71. The number of hydrogen-bond acceptors (Lipinski definition) is 3. The topological polar surface area (TPSA) is 60.7 Å². The Balaban J connectivity index is 1.95. The van der Waals surface area contributed by atoms with Crippen molar-refractivity contribution in [2.75, 3.05) is 0 Å². The maximum atomic E-state index is 10.9. The Bertz CT molecular complexity index is 1000. The maximum absolute atomic E-state index is 10.9. The van der Waals surface area contributed by atoms with E-state index in [1.54, 1.807) is 36.4 Å². The zero-order valence-electron chi connectivity index (χ0n) is 16.7. The van der Waals surface area contributed by atoms with E-state index in [-0.39, 0.29) is 17.2 Å². The molecule has 0 amide bonds. The predicted molar refractivity (Wildman–Crippen MR) is 123 cm³/mol. The zero-order chi connectivity index (χ0) is 21.7. The van der Waals surface area contributed by atoms with Crippen LogP contribution in [0.4, 0.5) is 0 Å². The molecular weight excluding hydrogens is 396 g/mol. The van der Waals surface area contributed by atoms with Crippen LogP contribution in [0.5, 0.6) is 17.2 Å². The second kappa shape index (κ2) is 9.55. The molecule has 0 aliphatic carbocycles. The highest BCUT2D eigenvalue weighted by atomic mass is 35.5. The number of allylic oxidation sites excluding steroid dienone is 2. The smallest absolute Gasteiger partial charge is 0.122 e. The highest BCUT2D eigenvalue weighted by Crippen LogP contribution is 2.34. The summed E-state index contributed by atoms with van der Waals surface area (Å²) in [6.45, 7) is 7.50. The molecule has 0 spiro atoms. The van der Waals surface area contributed by atoms with Gasteiger partial charge in [-0.25, -0.2) is 0 Å². The van der Waals surface area contributed by atoms with Crippen molar-refractivity contribution in [2.24, 2.45) is 0 Å². The molecule has 0 bridgehead atoms. The molecule has 0 unspecified atom stereocenters. The molecule has 0 aliphatic rings. The van der Waals surface area contributed by atoms with Crippen LogP contribution in [0.2, 0.25) is 5.02 Å². The van der Waals surface area contributed by atoms with Gasteiger partial charge >= 0.3 is 0 Å². The molecule has 4 heteroatoms. The lowest BCUT2D eigenvalue weighted by atomic mass is 9.95. The summed E-state index contributed by atoms with van der Waals surface area (Å²) in [5, 5.41) is 31.9. The summed E-state index contributed by atoms with van der Waals surface area (Å²) < 4.78 is 0. The summed E-state index contributed by atoms with van der Waals surface area (Å²) in [6.07, 6.45) is 5.66. The average molecular weight is 421 g/mol. The number of hydrogen-bond donors (Lipinski definition) is 3. The molecule has 0 fully saturated rings. The highest BCUT2D eigenvalue weighted by Gasteiger charge is 2.15. The van der Waals surface area contributed by atoms with E-state index in [2.05, 4.69) is 13.2 Å². The van der Waals surface area contributed by atoms with E-state index in [9.17, 15) is 15.3 Å². The van der Waals surface area contributed by atoms with Crippen molar-refractivity contribution >= 4 is 11.6 Å². The molecule has 0 aromatic heterocycles. The van der Waals surface area contributed by atoms with Gasteiger partial charge in [0.05, 0.1) is 0 Å². The molecule has 0 heterocycles. The van der Waals surface area contributed by atoms with E-state index < -0.39 is 0 Å². The Morgan fingerprint density at radius 2 is 1.10 bits per heavy atom. The Hall–Kier alpha value is -3.17. The normalized spacial score (nSPS) is 10.7. The van der Waals surface area contributed by atoms with Gasteiger partial charge in [-0.2, -0.15) is 0 Å². The van der Waals surface area contributed by atoms with E-state index in [1.165, 1.54) is 0 Å². The van der Waals surface area contributed by atoms with Gasteiger partial charge in [-0.1, -0.05) is 48.0 Å². The number of phenolic OH excluding ortho intramolecular Hbond substituents is 3. The molecule has 3 rings (SSSR count). The van der Waals surface area contributed by atoms with Crippen molar-refractivity contribution in [2.45, 2.75) is 25.7 Å². The van der Waals surface area contributed by atoms with Gasteiger partial charge < -0.3 is 15.3 Å². The van der Waals surface area contributed by atoms with E-state index in [0.717, 1.165) is 11.1 Å². The standard InChI is InChI=1S/C26H25ClO3/c1-3-5-17-7-9-24(28)19(11-17)13-21-15-23(27)16-22(26(21)30)14-20-12-18(6-4-2)8-10-25(20)29/h3-4,7-12,15-16,28-30H,1-2,5-6,13-14H2. The summed E-state index contributed by atoms with van der Waals surface area (Å²) in [5.41, 5.74) is 4.70. The molecule has 3 N–H and O–H groups in total. The van der Waals surface area contributed by atoms with Crippen LogP contribution >= 0.6 is 11.6 Å².